The lowest BCUT2D eigenvalue weighted by atomic mass is 10.2. The summed E-state index contributed by atoms with van der Waals surface area (Å²) in [5.74, 6) is 0. The molecule has 4 N–H and O–H groups in total. The molecular formula is C6H18N2. The van der Waals surface area contributed by atoms with Crippen molar-refractivity contribution in [2.75, 3.05) is 13.1 Å². The van der Waals surface area contributed by atoms with E-state index >= 15 is 0 Å². The predicted molar refractivity (Wildman–Crippen MR) is 37.2 cm³/mol. The molecule has 0 aromatic heterocycles. The largest absolute Gasteiger partial charge is 0.479 e. The van der Waals surface area contributed by atoms with Crippen LogP contribution in [0.25, 0.3) is 0 Å². The summed E-state index contributed by atoms with van der Waals surface area (Å²) in [6.45, 7) is 1.97. The zero-order chi connectivity index (χ0) is 6.24. The molecule has 0 radical (unpaired) electrons. The quantitative estimate of drug-likeness (QED) is 0.378. The third kappa shape index (κ3) is 5.92. The van der Waals surface area contributed by atoms with Crippen LogP contribution < -0.4 is 11.1 Å². The molecule has 0 heterocycles. The van der Waals surface area contributed by atoms with E-state index in [1.807, 2.05) is 5.32 Å². The van der Waals surface area contributed by atoms with Crippen LogP contribution in [-0.2, 0) is 0 Å². The Hall–Kier alpha value is -0.0800. The molecule has 0 aliphatic carbocycles. The first-order chi connectivity index (χ1) is 3.91. The molecule has 52 valence electrons. The molecule has 0 atom stereocenters. The van der Waals surface area contributed by atoms with Gasteiger partial charge < -0.3 is 11.1 Å². The third-order valence-electron chi connectivity index (χ3n) is 1.11. The average Bonchev–Trinajstić information content (AvgIpc) is 1.81. The van der Waals surface area contributed by atoms with Gasteiger partial charge in [0.2, 0.25) is 0 Å². The SMILES string of the molecule is [CH2-][NH2+]CCCCCN.[HH]. The van der Waals surface area contributed by atoms with E-state index in [0.717, 1.165) is 19.5 Å². The molecule has 0 aliphatic rings. The summed E-state index contributed by atoms with van der Waals surface area (Å²) < 4.78 is 0. The Balaban J connectivity index is 0. The van der Waals surface area contributed by atoms with Gasteiger partial charge in [0, 0.05) is 1.43 Å². The fraction of sp³-hybridized carbons (Fsp3) is 0.833. The van der Waals surface area contributed by atoms with E-state index in [2.05, 4.69) is 7.05 Å². The smallest absolute Gasteiger partial charge is 0.0515 e. The van der Waals surface area contributed by atoms with Crippen molar-refractivity contribution in [1.82, 2.24) is 0 Å². The number of hydrogen-bond donors (Lipinski definition) is 2. The van der Waals surface area contributed by atoms with Crippen molar-refractivity contribution in [1.29, 1.82) is 0 Å². The molecule has 0 amide bonds. The van der Waals surface area contributed by atoms with Crippen molar-refractivity contribution in [2.24, 2.45) is 5.73 Å². The van der Waals surface area contributed by atoms with Gasteiger partial charge in [-0.25, -0.2) is 0 Å². The highest BCUT2D eigenvalue weighted by atomic mass is 14.8. The average molecular weight is 118 g/mol. The molecule has 2 nitrogen and oxygen atoms in total. The molecule has 0 saturated heterocycles. The van der Waals surface area contributed by atoms with Gasteiger partial charge in [-0.2, -0.15) is 7.05 Å². The summed E-state index contributed by atoms with van der Waals surface area (Å²) in [4.78, 5) is 0. The van der Waals surface area contributed by atoms with Gasteiger partial charge in [-0.05, 0) is 25.8 Å². The Morgan fingerprint density at radius 2 is 2.12 bits per heavy atom. The Bertz CT molecular complexity index is 36.0. The Kier molecular flexibility index (Phi) is 6.85. The summed E-state index contributed by atoms with van der Waals surface area (Å²) in [7, 11) is 3.63. The van der Waals surface area contributed by atoms with Crippen LogP contribution in [0.2, 0.25) is 0 Å². The zero-order valence-corrected chi connectivity index (χ0v) is 5.40. The van der Waals surface area contributed by atoms with Gasteiger partial charge in [-0.15, -0.1) is 0 Å². The van der Waals surface area contributed by atoms with E-state index in [1.54, 1.807) is 0 Å². The lowest BCUT2D eigenvalue weighted by molar-refractivity contribution is -0.595. The lowest BCUT2D eigenvalue weighted by Crippen LogP contribution is -2.76. The number of rotatable bonds is 5. The Morgan fingerprint density at radius 1 is 1.38 bits per heavy atom. The van der Waals surface area contributed by atoms with Crippen molar-refractivity contribution in [3.63, 3.8) is 0 Å². The molecule has 2 heteroatoms. The second-order valence-electron chi connectivity index (χ2n) is 1.93. The molecular weight excluding hydrogens is 100 g/mol. The third-order valence-corrected chi connectivity index (χ3v) is 1.11. The monoisotopic (exact) mass is 118 g/mol. The first kappa shape index (κ1) is 7.92. The first-order valence-corrected chi connectivity index (χ1v) is 3.22. The van der Waals surface area contributed by atoms with E-state index in [-0.39, 0.29) is 1.43 Å². The van der Waals surface area contributed by atoms with Crippen LogP contribution in [0.1, 0.15) is 20.7 Å². The van der Waals surface area contributed by atoms with Gasteiger partial charge in [0.1, 0.15) is 0 Å². The van der Waals surface area contributed by atoms with Gasteiger partial charge in [0.25, 0.3) is 0 Å². The number of unbranched alkanes of at least 4 members (excludes halogenated alkanes) is 2. The van der Waals surface area contributed by atoms with E-state index in [1.165, 1.54) is 12.8 Å². The van der Waals surface area contributed by atoms with Gasteiger partial charge in [0.05, 0.1) is 6.54 Å². The topological polar surface area (TPSA) is 42.6 Å². The van der Waals surface area contributed by atoms with Crippen molar-refractivity contribution < 1.29 is 6.74 Å². The van der Waals surface area contributed by atoms with Crippen LogP contribution in [-0.4, -0.2) is 13.1 Å². The molecule has 0 saturated carbocycles. The van der Waals surface area contributed by atoms with Gasteiger partial charge in [-0.1, -0.05) is 0 Å². The van der Waals surface area contributed by atoms with Crippen molar-refractivity contribution in [3.05, 3.63) is 7.05 Å². The van der Waals surface area contributed by atoms with Crippen molar-refractivity contribution in [3.8, 4) is 0 Å². The van der Waals surface area contributed by atoms with Gasteiger partial charge >= 0.3 is 0 Å². The molecule has 0 bridgehead atoms. The number of hydrogen-bond acceptors (Lipinski definition) is 1. The minimum atomic E-state index is 0. The maximum Gasteiger partial charge on any atom is 0.0515 e. The van der Waals surface area contributed by atoms with Gasteiger partial charge in [-0.3, -0.25) is 0 Å². The van der Waals surface area contributed by atoms with Crippen LogP contribution in [0, 0.1) is 7.05 Å². The molecule has 0 aliphatic heterocycles. The maximum atomic E-state index is 5.28. The maximum absolute atomic E-state index is 5.28. The molecule has 0 rings (SSSR count). The summed E-state index contributed by atoms with van der Waals surface area (Å²) >= 11 is 0. The van der Waals surface area contributed by atoms with Gasteiger partial charge in [0.15, 0.2) is 0 Å². The predicted octanol–water partition coefficient (Wildman–Crippen LogP) is -0.284. The van der Waals surface area contributed by atoms with E-state index in [4.69, 9.17) is 5.73 Å². The van der Waals surface area contributed by atoms with Crippen molar-refractivity contribution in [2.45, 2.75) is 19.3 Å². The molecule has 8 heavy (non-hydrogen) atoms. The van der Waals surface area contributed by atoms with Crippen LogP contribution in [0.5, 0.6) is 0 Å². The highest BCUT2D eigenvalue weighted by Gasteiger charge is 1.83. The Morgan fingerprint density at radius 3 is 2.62 bits per heavy atom. The van der Waals surface area contributed by atoms with Crippen LogP contribution >= 0.6 is 0 Å². The van der Waals surface area contributed by atoms with E-state index < -0.39 is 0 Å². The summed E-state index contributed by atoms with van der Waals surface area (Å²) in [5.41, 5.74) is 5.28. The summed E-state index contributed by atoms with van der Waals surface area (Å²) in [5, 5.41) is 1.95. The molecule has 0 spiro atoms. The minimum absolute atomic E-state index is 0. The second-order valence-corrected chi connectivity index (χ2v) is 1.93. The fourth-order valence-electron chi connectivity index (χ4n) is 0.610. The van der Waals surface area contributed by atoms with Crippen molar-refractivity contribution >= 4 is 0 Å². The first-order valence-electron chi connectivity index (χ1n) is 3.22. The summed E-state index contributed by atoms with van der Waals surface area (Å²) in [6.07, 6.45) is 3.66. The molecule has 0 unspecified atom stereocenters. The second kappa shape index (κ2) is 6.92. The molecule has 0 fully saturated rings. The Labute approximate surface area is 52.9 Å². The normalized spacial score (nSPS) is 9.75. The van der Waals surface area contributed by atoms with Crippen LogP contribution in [0.15, 0.2) is 0 Å². The highest BCUT2D eigenvalue weighted by molar-refractivity contribution is 4.38. The zero-order valence-electron chi connectivity index (χ0n) is 5.40. The number of nitrogens with two attached hydrogens (primary N) is 2. The minimum Gasteiger partial charge on any atom is -0.479 e. The highest BCUT2D eigenvalue weighted by Crippen LogP contribution is 1.88. The standard InChI is InChI=1S/C6H16N2.H2/c1-8-6-4-2-3-5-7;/h1-8H2;1H. The van der Waals surface area contributed by atoms with Crippen LogP contribution in [0.3, 0.4) is 0 Å². The van der Waals surface area contributed by atoms with Crippen LogP contribution in [0.4, 0.5) is 0 Å². The molecule has 0 aromatic carbocycles. The van der Waals surface area contributed by atoms with E-state index in [9.17, 15) is 0 Å². The lowest BCUT2D eigenvalue weighted by Gasteiger charge is -1.97. The fourth-order valence-corrected chi connectivity index (χ4v) is 0.610. The molecule has 0 aromatic rings. The van der Waals surface area contributed by atoms with E-state index in [0.29, 0.717) is 0 Å². The number of quaternary nitrogens is 1. The summed E-state index contributed by atoms with van der Waals surface area (Å²) in [6, 6.07) is 0.